The van der Waals surface area contributed by atoms with Crippen molar-refractivity contribution in [3.8, 4) is 11.5 Å². The van der Waals surface area contributed by atoms with Gasteiger partial charge in [-0.15, -0.1) is 6.58 Å². The highest BCUT2D eigenvalue weighted by atomic mass is 32.2. The quantitative estimate of drug-likeness (QED) is 0.154. The Morgan fingerprint density at radius 2 is 1.81 bits per heavy atom. The van der Waals surface area contributed by atoms with E-state index in [9.17, 15) is 32.0 Å². The second-order valence-electron chi connectivity index (χ2n) is 16.1. The molecule has 4 aromatic rings. The number of ether oxygens (including phenoxy) is 3. The normalized spacial score (nSPS) is 23.9. The zero-order valence-corrected chi connectivity index (χ0v) is 33.2. The fraction of sp³-hybridized carbons (Fsp3) is 0.488. The van der Waals surface area contributed by atoms with Crippen LogP contribution in [-0.2, 0) is 29.1 Å². The fourth-order valence-electron chi connectivity index (χ4n) is 8.23. The van der Waals surface area contributed by atoms with Gasteiger partial charge >= 0.3 is 6.09 Å². The Morgan fingerprint density at radius 3 is 2.48 bits per heavy atom. The van der Waals surface area contributed by atoms with E-state index in [4.69, 9.17) is 23.6 Å². The first-order chi connectivity index (χ1) is 27.7. The molecule has 0 bridgehead atoms. The molecule has 5 atom stereocenters. The molecular weight excluding hydrogens is 774 g/mol. The molecule has 0 radical (unpaired) electrons. The summed E-state index contributed by atoms with van der Waals surface area (Å²) in [4.78, 5) is 61.8. The Labute approximate surface area is 334 Å². The van der Waals surface area contributed by atoms with Crippen LogP contribution in [0.25, 0.3) is 33.0 Å². The highest BCUT2D eigenvalue weighted by Gasteiger charge is 2.62. The molecule has 2 aromatic heterocycles. The average molecular weight is 820 g/mol. The number of amides is 4. The van der Waals surface area contributed by atoms with Gasteiger partial charge in [0.2, 0.25) is 21.8 Å². The van der Waals surface area contributed by atoms with Crippen molar-refractivity contribution in [3.05, 3.63) is 54.9 Å². The van der Waals surface area contributed by atoms with E-state index in [0.717, 1.165) is 25.7 Å². The second-order valence-corrected chi connectivity index (χ2v) is 18.0. The number of para-hydroxylation sites is 1. The van der Waals surface area contributed by atoms with E-state index in [2.05, 4.69) is 21.9 Å². The Bertz CT molecular complexity index is 2450. The Hall–Kier alpha value is -5.45. The van der Waals surface area contributed by atoms with Gasteiger partial charge in [-0.2, -0.15) is 0 Å². The van der Waals surface area contributed by atoms with Crippen molar-refractivity contribution in [3.63, 3.8) is 0 Å². The third-order valence-corrected chi connectivity index (χ3v) is 13.5. The second kappa shape index (κ2) is 15.1. The highest BCUT2D eigenvalue weighted by molar-refractivity contribution is 7.91. The van der Waals surface area contributed by atoms with Crippen LogP contribution in [0, 0.1) is 17.7 Å². The fourth-order valence-corrected chi connectivity index (χ4v) is 9.59. The molecule has 1 unspecified atom stereocenters. The largest absolute Gasteiger partial charge is 0.493 e. The molecular formula is C41H46FN5O10S. The summed E-state index contributed by atoms with van der Waals surface area (Å²) in [6, 6.07) is 6.97. The lowest BCUT2D eigenvalue weighted by atomic mass is 10.0. The van der Waals surface area contributed by atoms with Gasteiger partial charge in [0, 0.05) is 23.8 Å². The molecule has 308 valence electrons. The van der Waals surface area contributed by atoms with Gasteiger partial charge in [0.15, 0.2) is 22.7 Å². The number of carbonyl (C=O) groups excluding carboxylic acids is 4. The first-order valence-electron chi connectivity index (χ1n) is 19.7. The lowest BCUT2D eigenvalue weighted by Gasteiger charge is -2.31. The van der Waals surface area contributed by atoms with Crippen molar-refractivity contribution in [2.24, 2.45) is 11.8 Å². The minimum atomic E-state index is -3.94. The zero-order chi connectivity index (χ0) is 41.1. The summed E-state index contributed by atoms with van der Waals surface area (Å²) in [5, 5.41) is 5.83. The van der Waals surface area contributed by atoms with E-state index in [1.165, 1.54) is 36.3 Å². The van der Waals surface area contributed by atoms with Crippen molar-refractivity contribution in [1.82, 2.24) is 25.2 Å². The Balaban J connectivity index is 1.14. The Morgan fingerprint density at radius 1 is 1.05 bits per heavy atom. The number of nitrogens with zero attached hydrogens (tertiary/aromatic N) is 2. The first kappa shape index (κ1) is 39.4. The maximum atomic E-state index is 14.6. The molecule has 3 aliphatic carbocycles. The van der Waals surface area contributed by atoms with E-state index in [-0.39, 0.29) is 42.3 Å². The lowest BCUT2D eigenvalue weighted by molar-refractivity contribution is -0.141. The standard InChI is InChI=1S/C41H46FN5O10S/c1-5-22-19-41(22,39(50)46-58(52,53)26-14-15-26)45-37(48)30-18-25(20-47(30)38(49)32(21(2)3)44-40(51)56-24-9-6-7-10-24)55-35-27-16-13-23(42)17-29(27)43-33-28-11-8-12-31(54-4)34(28)57-36(33)35/h5,8,11-13,16-17,21-22,24-26,30,32H,1,6-7,9-10,14-15,18-20H2,2-4H3,(H,44,51)(H,45,48)(H,46,50)/t22-,25-,30+,32+,41?/m1/s1. The summed E-state index contributed by atoms with van der Waals surface area (Å²) in [6.45, 7) is 7.14. The van der Waals surface area contributed by atoms with Crippen LogP contribution in [0.1, 0.15) is 65.2 Å². The third-order valence-electron chi connectivity index (χ3n) is 11.7. The molecule has 1 aliphatic heterocycles. The first-order valence-corrected chi connectivity index (χ1v) is 21.2. The molecule has 17 heteroatoms. The van der Waals surface area contributed by atoms with E-state index < -0.39 is 80.5 Å². The number of benzene rings is 2. The van der Waals surface area contributed by atoms with Gasteiger partial charge in [0.05, 0.1) is 29.8 Å². The number of aromatic nitrogens is 1. The molecule has 58 heavy (non-hydrogen) atoms. The summed E-state index contributed by atoms with van der Waals surface area (Å²) < 4.78 is 66.5. The number of halogens is 1. The topological polar surface area (TPSA) is 195 Å². The molecule has 2 aromatic carbocycles. The molecule has 1 saturated heterocycles. The maximum absolute atomic E-state index is 14.6. The number of likely N-dealkylation sites (tertiary alicyclic amines) is 1. The summed E-state index contributed by atoms with van der Waals surface area (Å²) >= 11 is 0. The van der Waals surface area contributed by atoms with Gasteiger partial charge in [0.1, 0.15) is 41.2 Å². The van der Waals surface area contributed by atoms with E-state index in [0.29, 0.717) is 40.5 Å². The number of hydrogen-bond donors (Lipinski definition) is 3. The smallest absolute Gasteiger partial charge is 0.408 e. The molecule has 3 N–H and O–H groups in total. The van der Waals surface area contributed by atoms with Crippen LogP contribution in [0.2, 0.25) is 0 Å². The molecule has 8 rings (SSSR count). The molecule has 0 spiro atoms. The van der Waals surface area contributed by atoms with Crippen molar-refractivity contribution >= 4 is 66.8 Å². The van der Waals surface area contributed by atoms with E-state index in [1.807, 2.05) is 0 Å². The number of pyridine rings is 1. The summed E-state index contributed by atoms with van der Waals surface area (Å²) in [7, 11) is -2.44. The van der Waals surface area contributed by atoms with Crippen LogP contribution in [0.5, 0.6) is 11.5 Å². The van der Waals surface area contributed by atoms with Crippen molar-refractivity contribution in [1.29, 1.82) is 0 Å². The van der Waals surface area contributed by atoms with Gasteiger partial charge in [-0.1, -0.05) is 26.0 Å². The number of hydrogen-bond acceptors (Lipinski definition) is 11. The van der Waals surface area contributed by atoms with Gasteiger partial charge in [-0.05, 0) is 75.1 Å². The molecule has 4 fully saturated rings. The number of fused-ring (bicyclic) bond motifs is 4. The number of furan rings is 1. The van der Waals surface area contributed by atoms with Gasteiger partial charge in [0.25, 0.3) is 5.91 Å². The van der Waals surface area contributed by atoms with Crippen LogP contribution in [-0.4, -0.2) is 90.9 Å². The van der Waals surface area contributed by atoms with Crippen LogP contribution in [0.4, 0.5) is 9.18 Å². The average Bonchev–Trinajstić information content (AvgIpc) is 4.01. The number of rotatable bonds is 13. The van der Waals surface area contributed by atoms with Crippen LogP contribution in [0.15, 0.2) is 53.5 Å². The lowest BCUT2D eigenvalue weighted by Crippen LogP contribution is -2.59. The monoisotopic (exact) mass is 819 g/mol. The predicted molar refractivity (Wildman–Crippen MR) is 210 cm³/mol. The van der Waals surface area contributed by atoms with Crippen molar-refractivity contribution in [2.75, 3.05) is 13.7 Å². The molecule has 3 saturated carbocycles. The van der Waals surface area contributed by atoms with Gasteiger partial charge in [-0.25, -0.2) is 22.6 Å². The number of sulfonamides is 1. The van der Waals surface area contributed by atoms with E-state index in [1.54, 1.807) is 32.0 Å². The number of alkyl carbamates (subject to hydrolysis) is 1. The predicted octanol–water partition coefficient (Wildman–Crippen LogP) is 4.99. The minimum absolute atomic E-state index is 0.0816. The van der Waals surface area contributed by atoms with Crippen molar-refractivity contribution in [2.45, 2.75) is 100 Å². The SMILES string of the molecule is C=C[C@@H]1CC1(NC(=O)[C@@H]1C[C@@H](Oc2c3ccc(F)cc3nc3c2oc2c(OC)cccc23)CN1C(=O)[C@@H](NC(=O)OC1CCCC1)C(C)C)C(=O)NS(=O)(=O)C1CC1. The minimum Gasteiger partial charge on any atom is -0.493 e. The Kier molecular flexibility index (Phi) is 10.2. The van der Waals surface area contributed by atoms with Crippen molar-refractivity contribution < 1.29 is 50.6 Å². The zero-order valence-electron chi connectivity index (χ0n) is 32.4. The molecule has 4 aliphatic rings. The van der Waals surface area contributed by atoms with Gasteiger partial charge in [-0.3, -0.25) is 19.1 Å². The van der Waals surface area contributed by atoms with E-state index >= 15 is 0 Å². The number of methoxy groups -OCH3 is 1. The number of carbonyl (C=O) groups is 4. The summed E-state index contributed by atoms with van der Waals surface area (Å²) in [5.41, 5.74) is -0.334. The summed E-state index contributed by atoms with van der Waals surface area (Å²) in [5.74, 6) is -3.08. The maximum Gasteiger partial charge on any atom is 0.408 e. The summed E-state index contributed by atoms with van der Waals surface area (Å²) in [6.07, 6.45) is 3.81. The highest BCUT2D eigenvalue weighted by Crippen LogP contribution is 2.46. The molecule has 4 amide bonds. The van der Waals surface area contributed by atoms with Gasteiger partial charge < -0.3 is 34.2 Å². The van der Waals surface area contributed by atoms with Crippen LogP contribution >= 0.6 is 0 Å². The third kappa shape index (κ3) is 7.28. The molecule has 15 nitrogen and oxygen atoms in total. The van der Waals surface area contributed by atoms with Crippen LogP contribution < -0.4 is 24.8 Å². The van der Waals surface area contributed by atoms with Crippen LogP contribution in [0.3, 0.4) is 0 Å². The molecule has 3 heterocycles. The number of nitrogens with one attached hydrogen (secondary N) is 3.